The van der Waals surface area contributed by atoms with Gasteiger partial charge in [0.15, 0.2) is 18.0 Å². The smallest absolute Gasteiger partial charge is 0.438 e. The molecule has 6 atom stereocenters. The minimum atomic E-state index is -4.15. The number of H-pyrrole nitrogens is 1. The van der Waals surface area contributed by atoms with E-state index >= 15 is 4.39 Å². The Labute approximate surface area is 208 Å². The van der Waals surface area contributed by atoms with Crippen molar-refractivity contribution in [3.63, 3.8) is 0 Å². The van der Waals surface area contributed by atoms with Gasteiger partial charge in [-0.2, -0.15) is 0 Å². The van der Waals surface area contributed by atoms with Gasteiger partial charge in [0.1, 0.15) is 6.10 Å². The normalized spacial score (nSPS) is 32.2. The second kappa shape index (κ2) is 10.4. The van der Waals surface area contributed by atoms with Crippen molar-refractivity contribution in [3.05, 3.63) is 68.0 Å². The van der Waals surface area contributed by atoms with Crippen LogP contribution >= 0.6 is 19.4 Å². The Bertz CT molecular complexity index is 1280. The van der Waals surface area contributed by atoms with E-state index in [9.17, 15) is 18.9 Å². The van der Waals surface area contributed by atoms with Crippen molar-refractivity contribution < 1.29 is 41.5 Å². The van der Waals surface area contributed by atoms with Crippen LogP contribution in [0.4, 0.5) is 9.18 Å². The number of phosphoric acid groups is 1. The van der Waals surface area contributed by atoms with E-state index in [1.54, 1.807) is 24.3 Å². The molecule has 196 valence electrons. The average molecular weight is 549 g/mol. The molecule has 2 aromatic rings. The zero-order valence-electron chi connectivity index (χ0n) is 19.1. The molecule has 12 nitrogen and oxygen atoms in total. The maximum atomic E-state index is 15.9. The summed E-state index contributed by atoms with van der Waals surface area (Å²) in [6.45, 7) is 0.474. The van der Waals surface area contributed by atoms with Crippen LogP contribution in [0.25, 0.3) is 0 Å². The van der Waals surface area contributed by atoms with Gasteiger partial charge in [-0.3, -0.25) is 27.9 Å². The lowest BCUT2D eigenvalue weighted by molar-refractivity contribution is -0.0660. The van der Waals surface area contributed by atoms with E-state index in [0.717, 1.165) is 30.9 Å². The summed E-state index contributed by atoms with van der Waals surface area (Å²) in [4.78, 5) is 37.5. The SMILES string of the molecule is COC(=O)O[C@@H]1[C@@H](COP2(=O)OCCC(c3cccc(Cl)c3)O2)O[C@@H](n2ccc(=O)[nH]c2=O)[C@]1(C)F. The number of hydrogen-bond donors (Lipinski definition) is 1. The monoisotopic (exact) mass is 548 g/mol. The molecule has 3 heterocycles. The number of alkyl halides is 1. The molecular formula is C21H23ClFN2O10P. The standard InChI is InChI=1S/C21H23ClFN2O10P/c1-21(23)17(34-20(28)30-2)15(33-18(21)25-8-6-16(26)24-19(25)27)11-32-36(29)31-9-7-14(35-36)12-4-3-5-13(22)10-12/h3-6,8,10,14-15,17-18H,7,9,11H2,1-2H3,(H,24,26,27)/t14?,15-,17-,18-,21-,36?/m1/s1. The lowest BCUT2D eigenvalue weighted by Crippen LogP contribution is -2.46. The van der Waals surface area contributed by atoms with Crippen LogP contribution < -0.4 is 11.2 Å². The van der Waals surface area contributed by atoms with Gasteiger partial charge in [-0.05, 0) is 24.6 Å². The van der Waals surface area contributed by atoms with Gasteiger partial charge in [0.05, 0.1) is 26.4 Å². The van der Waals surface area contributed by atoms with Crippen LogP contribution in [0.15, 0.2) is 46.1 Å². The Morgan fingerprint density at radius 2 is 2.14 bits per heavy atom. The van der Waals surface area contributed by atoms with Gasteiger partial charge in [-0.1, -0.05) is 23.7 Å². The van der Waals surface area contributed by atoms with Crippen LogP contribution in [0, 0.1) is 0 Å². The number of carbonyl (C=O) groups excluding carboxylic acids is 1. The number of phosphoric ester groups is 1. The predicted octanol–water partition coefficient (Wildman–Crippen LogP) is 3.27. The van der Waals surface area contributed by atoms with E-state index in [4.69, 9.17) is 34.6 Å². The number of methoxy groups -OCH3 is 1. The van der Waals surface area contributed by atoms with Crippen LogP contribution in [0.3, 0.4) is 0 Å². The molecule has 2 aliphatic rings. The molecule has 1 aromatic carbocycles. The molecule has 1 N–H and O–H groups in total. The summed E-state index contributed by atoms with van der Waals surface area (Å²) in [7, 11) is -3.12. The quantitative estimate of drug-likeness (QED) is 0.422. The van der Waals surface area contributed by atoms with Gasteiger partial charge in [-0.25, -0.2) is 18.5 Å². The molecule has 0 amide bonds. The third-order valence-electron chi connectivity index (χ3n) is 5.68. The van der Waals surface area contributed by atoms with Crippen LogP contribution in [-0.4, -0.2) is 53.9 Å². The maximum absolute atomic E-state index is 15.9. The number of aromatic nitrogens is 2. The third-order valence-corrected chi connectivity index (χ3v) is 7.39. The molecule has 0 bridgehead atoms. The first kappa shape index (κ1) is 26.5. The number of carbonyl (C=O) groups is 1. The molecule has 0 saturated carbocycles. The lowest BCUT2D eigenvalue weighted by atomic mass is 9.98. The van der Waals surface area contributed by atoms with Crippen LogP contribution in [0.1, 0.15) is 31.2 Å². The summed E-state index contributed by atoms with van der Waals surface area (Å²) in [5.74, 6) is 0. The summed E-state index contributed by atoms with van der Waals surface area (Å²) >= 11 is 6.03. The zero-order valence-corrected chi connectivity index (χ0v) is 20.8. The van der Waals surface area contributed by atoms with Crippen molar-refractivity contribution in [2.24, 2.45) is 0 Å². The Balaban J connectivity index is 1.54. The summed E-state index contributed by atoms with van der Waals surface area (Å²) < 4.78 is 61.3. The molecule has 2 saturated heterocycles. The van der Waals surface area contributed by atoms with Crippen molar-refractivity contribution in [1.29, 1.82) is 0 Å². The van der Waals surface area contributed by atoms with Gasteiger partial charge >= 0.3 is 19.7 Å². The van der Waals surface area contributed by atoms with Crippen molar-refractivity contribution >= 4 is 25.6 Å². The molecular weight excluding hydrogens is 526 g/mol. The highest BCUT2D eigenvalue weighted by Gasteiger charge is 2.59. The third kappa shape index (κ3) is 5.56. The summed E-state index contributed by atoms with van der Waals surface area (Å²) in [5.41, 5.74) is -3.49. The second-order valence-electron chi connectivity index (χ2n) is 8.20. The van der Waals surface area contributed by atoms with Crippen molar-refractivity contribution in [3.8, 4) is 0 Å². The van der Waals surface area contributed by atoms with Gasteiger partial charge in [0.2, 0.25) is 0 Å². The van der Waals surface area contributed by atoms with E-state index in [2.05, 4.69) is 4.74 Å². The fraction of sp³-hybridized carbons (Fsp3) is 0.476. The molecule has 0 radical (unpaired) electrons. The minimum Gasteiger partial charge on any atom is -0.438 e. The maximum Gasteiger partial charge on any atom is 0.508 e. The molecule has 36 heavy (non-hydrogen) atoms. The highest BCUT2D eigenvalue weighted by molar-refractivity contribution is 7.48. The van der Waals surface area contributed by atoms with Crippen LogP contribution in [0.5, 0.6) is 0 Å². The van der Waals surface area contributed by atoms with Crippen LogP contribution in [-0.2, 0) is 32.3 Å². The molecule has 15 heteroatoms. The molecule has 0 spiro atoms. The highest BCUT2D eigenvalue weighted by Crippen LogP contribution is 2.57. The second-order valence-corrected chi connectivity index (χ2v) is 10.3. The Kier molecular flexibility index (Phi) is 7.69. The zero-order chi connectivity index (χ0) is 26.1. The number of benzene rings is 1. The number of ether oxygens (including phenoxy) is 3. The topological polar surface area (TPSA) is 144 Å². The Hall–Kier alpha value is -2.54. The highest BCUT2D eigenvalue weighted by atomic mass is 35.5. The number of rotatable bonds is 6. The number of hydrogen-bond acceptors (Lipinski definition) is 10. The number of aromatic amines is 1. The Morgan fingerprint density at radius 1 is 1.36 bits per heavy atom. The summed E-state index contributed by atoms with van der Waals surface area (Å²) in [6, 6.07) is 7.79. The van der Waals surface area contributed by atoms with Crippen molar-refractivity contribution in [1.82, 2.24) is 9.55 Å². The fourth-order valence-electron chi connectivity index (χ4n) is 3.97. The number of nitrogens with one attached hydrogen (secondary N) is 1. The van der Waals surface area contributed by atoms with E-state index in [-0.39, 0.29) is 6.61 Å². The number of nitrogens with zero attached hydrogens (tertiary/aromatic N) is 1. The van der Waals surface area contributed by atoms with Gasteiger partial charge in [0.25, 0.3) is 5.56 Å². The van der Waals surface area contributed by atoms with E-state index in [1.165, 1.54) is 0 Å². The largest absolute Gasteiger partial charge is 0.508 e. The molecule has 4 rings (SSSR count). The first-order chi connectivity index (χ1) is 17.0. The average Bonchev–Trinajstić information content (AvgIpc) is 3.07. The lowest BCUT2D eigenvalue weighted by Gasteiger charge is -2.30. The van der Waals surface area contributed by atoms with Gasteiger partial charge in [-0.15, -0.1) is 0 Å². The molecule has 2 aliphatic heterocycles. The van der Waals surface area contributed by atoms with Crippen molar-refractivity contribution in [2.75, 3.05) is 20.3 Å². The molecule has 2 fully saturated rings. The van der Waals surface area contributed by atoms with E-state index in [1.807, 2.05) is 4.98 Å². The summed E-state index contributed by atoms with van der Waals surface area (Å²) in [6.07, 6.45) is -5.12. The van der Waals surface area contributed by atoms with Crippen LogP contribution in [0.2, 0.25) is 5.02 Å². The van der Waals surface area contributed by atoms with E-state index < -0.39 is 62.0 Å². The summed E-state index contributed by atoms with van der Waals surface area (Å²) in [5, 5.41) is 0.464. The van der Waals surface area contributed by atoms with Crippen molar-refractivity contribution in [2.45, 2.75) is 43.6 Å². The number of halogens is 2. The van der Waals surface area contributed by atoms with Gasteiger partial charge < -0.3 is 14.2 Å². The van der Waals surface area contributed by atoms with Gasteiger partial charge in [0, 0.05) is 23.7 Å². The molecule has 1 aromatic heterocycles. The predicted molar refractivity (Wildman–Crippen MR) is 121 cm³/mol. The minimum absolute atomic E-state index is 0.0400. The molecule has 2 unspecified atom stereocenters. The van der Waals surface area contributed by atoms with E-state index in [0.29, 0.717) is 17.0 Å². The first-order valence-corrected chi connectivity index (χ1v) is 12.6. The fourth-order valence-corrected chi connectivity index (χ4v) is 5.56. The molecule has 0 aliphatic carbocycles. The Morgan fingerprint density at radius 3 is 2.83 bits per heavy atom. The first-order valence-electron chi connectivity index (χ1n) is 10.8.